The summed E-state index contributed by atoms with van der Waals surface area (Å²) in [5.41, 5.74) is 6.83. The monoisotopic (exact) mass is 644 g/mol. The Morgan fingerprint density at radius 2 is 1.36 bits per heavy atom. The fraction of sp³-hybridized carbons (Fsp3) is 0.459. The number of carbonyl (C=O) groups excluding carboxylic acids is 2. The smallest absolute Gasteiger partial charge is 0.243 e. The number of piperazine rings is 1. The number of amides is 2. The Morgan fingerprint density at radius 3 is 2.04 bits per heavy atom. The van der Waals surface area contributed by atoms with Crippen molar-refractivity contribution in [3.63, 3.8) is 0 Å². The second kappa shape index (κ2) is 18.1. The first kappa shape index (κ1) is 34.7. The van der Waals surface area contributed by atoms with Crippen LogP contribution in [-0.2, 0) is 38.8 Å². The van der Waals surface area contributed by atoms with Gasteiger partial charge in [-0.1, -0.05) is 85.3 Å². The van der Waals surface area contributed by atoms with E-state index in [1.165, 1.54) is 5.56 Å². The Morgan fingerprint density at radius 1 is 0.723 bits per heavy atom. The minimum absolute atomic E-state index is 0.00562. The normalized spacial score (nSPS) is 20.5. The molecule has 3 aromatic rings. The lowest BCUT2D eigenvalue weighted by Gasteiger charge is -2.40. The van der Waals surface area contributed by atoms with Crippen molar-refractivity contribution >= 4 is 11.8 Å². The summed E-state index contributed by atoms with van der Waals surface area (Å²) in [6, 6.07) is 26.6. The maximum absolute atomic E-state index is 12.3. The molecule has 3 aromatic carbocycles. The molecular formula is C37H48N4O6. The van der Waals surface area contributed by atoms with Crippen LogP contribution in [-0.4, -0.2) is 70.8 Å². The summed E-state index contributed by atoms with van der Waals surface area (Å²) < 4.78 is 13.1. The van der Waals surface area contributed by atoms with Gasteiger partial charge in [-0.3, -0.25) is 24.6 Å². The summed E-state index contributed by atoms with van der Waals surface area (Å²) in [5, 5.41) is 21.0. The number of hydroxylamine groups is 1. The lowest BCUT2D eigenvalue weighted by Crippen LogP contribution is -2.49. The number of hydrogen-bond acceptors (Lipinski definition) is 8. The SMILES string of the molecule is O=C(CCCCCC(=O)NCc1ccc([C@@H]2O[C@H](CN3CCN(Cc4ccccc4)CC3)C[C@H](c3ccc(CO)cc3)O2)cc1)NO. The third-order valence-electron chi connectivity index (χ3n) is 8.96. The standard InChI is InChI=1S/C37H48N4O6/c42-27-30-13-15-31(16-14-30)34-23-33(26-41-21-19-40(20-22-41)25-29-7-3-1-4-8-29)46-37(47-34)32-17-11-28(12-18-32)24-38-35(43)9-5-2-6-10-36(44)39-45/h1,3-4,7-8,11-18,33-34,37,42,45H,2,5-6,9-10,19-27H2,(H,38,43)(H,39,44)/t33-,34+,37+/m0/s1. The van der Waals surface area contributed by atoms with Gasteiger partial charge in [-0.05, 0) is 35.1 Å². The number of nitrogens with one attached hydrogen (secondary N) is 2. The first-order valence-corrected chi connectivity index (χ1v) is 16.8. The molecule has 252 valence electrons. The summed E-state index contributed by atoms with van der Waals surface area (Å²) in [7, 11) is 0. The van der Waals surface area contributed by atoms with E-state index in [0.717, 1.165) is 74.4 Å². The molecule has 10 nitrogen and oxygen atoms in total. The number of aliphatic hydroxyl groups is 1. The molecule has 2 heterocycles. The minimum atomic E-state index is -0.521. The van der Waals surface area contributed by atoms with E-state index in [2.05, 4.69) is 45.4 Å². The van der Waals surface area contributed by atoms with E-state index in [0.29, 0.717) is 25.8 Å². The highest BCUT2D eigenvalue weighted by Gasteiger charge is 2.33. The molecule has 0 spiro atoms. The van der Waals surface area contributed by atoms with E-state index in [1.54, 1.807) is 5.48 Å². The van der Waals surface area contributed by atoms with Gasteiger partial charge < -0.3 is 19.9 Å². The zero-order valence-corrected chi connectivity index (χ0v) is 27.1. The van der Waals surface area contributed by atoms with Gasteiger partial charge in [0.05, 0.1) is 18.8 Å². The highest BCUT2D eigenvalue weighted by atomic mass is 16.7. The highest BCUT2D eigenvalue weighted by Crippen LogP contribution is 2.38. The van der Waals surface area contributed by atoms with Crippen LogP contribution in [0.2, 0.25) is 0 Å². The van der Waals surface area contributed by atoms with Gasteiger partial charge in [0.15, 0.2) is 6.29 Å². The van der Waals surface area contributed by atoms with E-state index in [9.17, 15) is 14.7 Å². The van der Waals surface area contributed by atoms with Gasteiger partial charge in [-0.15, -0.1) is 0 Å². The fourth-order valence-corrected chi connectivity index (χ4v) is 6.18. The Labute approximate surface area is 277 Å². The summed E-state index contributed by atoms with van der Waals surface area (Å²) in [4.78, 5) is 28.4. The molecule has 0 unspecified atom stereocenters. The van der Waals surface area contributed by atoms with Crippen molar-refractivity contribution in [3.8, 4) is 0 Å². The molecule has 5 rings (SSSR count). The molecule has 0 aliphatic carbocycles. The Bertz CT molecular complexity index is 1380. The maximum atomic E-state index is 12.3. The molecule has 2 saturated heterocycles. The molecule has 4 N–H and O–H groups in total. The number of unbranched alkanes of at least 4 members (excludes halogenated alkanes) is 2. The quantitative estimate of drug-likeness (QED) is 0.108. The molecule has 0 aromatic heterocycles. The van der Waals surface area contributed by atoms with Crippen molar-refractivity contribution in [2.24, 2.45) is 0 Å². The predicted molar refractivity (Wildman–Crippen MR) is 178 cm³/mol. The molecule has 10 heteroatoms. The molecule has 2 amide bonds. The van der Waals surface area contributed by atoms with E-state index in [4.69, 9.17) is 14.7 Å². The lowest BCUT2D eigenvalue weighted by molar-refractivity contribution is -0.253. The predicted octanol–water partition coefficient (Wildman–Crippen LogP) is 4.61. The van der Waals surface area contributed by atoms with Crippen molar-refractivity contribution in [3.05, 3.63) is 107 Å². The van der Waals surface area contributed by atoms with E-state index in [1.807, 2.05) is 48.5 Å². The third-order valence-corrected chi connectivity index (χ3v) is 8.96. The molecular weight excluding hydrogens is 596 g/mol. The molecule has 2 fully saturated rings. The Hall–Kier alpha value is -3.64. The number of nitrogens with zero attached hydrogens (tertiary/aromatic N) is 2. The molecule has 0 radical (unpaired) electrons. The topological polar surface area (TPSA) is 124 Å². The van der Waals surface area contributed by atoms with Crippen LogP contribution in [0.5, 0.6) is 0 Å². The van der Waals surface area contributed by atoms with Crippen LogP contribution in [0, 0.1) is 0 Å². The minimum Gasteiger partial charge on any atom is -0.392 e. The average Bonchev–Trinajstić information content (AvgIpc) is 3.12. The summed E-state index contributed by atoms with van der Waals surface area (Å²) in [5.74, 6) is -0.434. The van der Waals surface area contributed by atoms with Crippen LogP contribution in [0.3, 0.4) is 0 Å². The molecule has 0 saturated carbocycles. The van der Waals surface area contributed by atoms with Crippen molar-refractivity contribution in [2.45, 2.75) is 76.7 Å². The molecule has 0 bridgehead atoms. The summed E-state index contributed by atoms with van der Waals surface area (Å²) in [6.45, 7) is 6.28. The maximum Gasteiger partial charge on any atom is 0.243 e. The second-order valence-corrected chi connectivity index (χ2v) is 12.5. The Kier molecular flexibility index (Phi) is 13.3. The summed E-state index contributed by atoms with van der Waals surface area (Å²) >= 11 is 0. The van der Waals surface area contributed by atoms with Crippen molar-refractivity contribution in [1.82, 2.24) is 20.6 Å². The van der Waals surface area contributed by atoms with Gasteiger partial charge >= 0.3 is 0 Å². The van der Waals surface area contributed by atoms with Gasteiger partial charge in [0.25, 0.3) is 0 Å². The fourth-order valence-electron chi connectivity index (χ4n) is 6.18. The molecule has 2 aliphatic heterocycles. The number of carbonyl (C=O) groups is 2. The molecule has 47 heavy (non-hydrogen) atoms. The first-order valence-electron chi connectivity index (χ1n) is 16.8. The Balaban J connectivity index is 1.14. The van der Waals surface area contributed by atoms with Gasteiger partial charge in [0.1, 0.15) is 0 Å². The zero-order chi connectivity index (χ0) is 32.8. The zero-order valence-electron chi connectivity index (χ0n) is 27.1. The van der Waals surface area contributed by atoms with Gasteiger partial charge in [0, 0.05) is 70.6 Å². The van der Waals surface area contributed by atoms with E-state index >= 15 is 0 Å². The summed E-state index contributed by atoms with van der Waals surface area (Å²) in [6.07, 6.45) is 2.80. The second-order valence-electron chi connectivity index (χ2n) is 12.5. The molecule has 3 atom stereocenters. The highest BCUT2D eigenvalue weighted by molar-refractivity contribution is 5.76. The van der Waals surface area contributed by atoms with Crippen molar-refractivity contribution in [2.75, 3.05) is 32.7 Å². The van der Waals surface area contributed by atoms with Crippen molar-refractivity contribution in [1.29, 1.82) is 0 Å². The van der Waals surface area contributed by atoms with Gasteiger partial charge in [-0.2, -0.15) is 0 Å². The van der Waals surface area contributed by atoms with E-state index in [-0.39, 0.29) is 31.1 Å². The van der Waals surface area contributed by atoms with Crippen LogP contribution in [0.25, 0.3) is 0 Å². The number of ether oxygens (including phenoxy) is 2. The van der Waals surface area contributed by atoms with Crippen LogP contribution in [0.4, 0.5) is 0 Å². The van der Waals surface area contributed by atoms with Crippen LogP contribution in [0.1, 0.15) is 78.7 Å². The number of benzene rings is 3. The number of aliphatic hydroxyl groups excluding tert-OH is 1. The first-order chi connectivity index (χ1) is 23.0. The lowest BCUT2D eigenvalue weighted by atomic mass is 9.99. The largest absolute Gasteiger partial charge is 0.392 e. The van der Waals surface area contributed by atoms with Gasteiger partial charge in [-0.25, -0.2) is 5.48 Å². The van der Waals surface area contributed by atoms with Crippen molar-refractivity contribution < 1.29 is 29.4 Å². The number of hydrogen-bond donors (Lipinski definition) is 4. The third kappa shape index (κ3) is 11.0. The number of rotatable bonds is 15. The van der Waals surface area contributed by atoms with Crippen LogP contribution in [0.15, 0.2) is 78.9 Å². The van der Waals surface area contributed by atoms with E-state index < -0.39 is 12.2 Å². The van der Waals surface area contributed by atoms with Crippen LogP contribution >= 0.6 is 0 Å². The molecule has 2 aliphatic rings. The van der Waals surface area contributed by atoms with Gasteiger partial charge in [0.2, 0.25) is 11.8 Å². The average molecular weight is 645 g/mol. The van der Waals surface area contributed by atoms with Crippen LogP contribution < -0.4 is 10.8 Å².